The van der Waals surface area contributed by atoms with E-state index in [-0.39, 0.29) is 6.42 Å². The monoisotopic (exact) mass is 405 g/mol. The molecule has 0 bridgehead atoms. The number of hydrogen-bond donors (Lipinski definition) is 1. The molecule has 2 aromatic carbocycles. The molecule has 1 aromatic heterocycles. The highest BCUT2D eigenvalue weighted by molar-refractivity contribution is 5.89. The van der Waals surface area contributed by atoms with Gasteiger partial charge in [0, 0.05) is 23.7 Å². The summed E-state index contributed by atoms with van der Waals surface area (Å²) in [6, 6.07) is 16.3. The highest BCUT2D eigenvalue weighted by Crippen LogP contribution is 2.27. The van der Waals surface area contributed by atoms with E-state index in [0.717, 1.165) is 40.9 Å². The van der Waals surface area contributed by atoms with Crippen LogP contribution in [-0.4, -0.2) is 33.7 Å². The average Bonchev–Trinajstić information content (AvgIpc) is 3.16. The number of carboxylic acid groups (broad SMARTS) is 1. The Morgan fingerprint density at radius 3 is 2.70 bits per heavy atom. The molecule has 1 N–H and O–H groups in total. The summed E-state index contributed by atoms with van der Waals surface area (Å²) in [5.41, 5.74) is 6.09. The minimum Gasteiger partial charge on any atom is -0.481 e. The van der Waals surface area contributed by atoms with Crippen molar-refractivity contribution in [1.82, 2.24) is 9.78 Å². The van der Waals surface area contributed by atoms with Crippen molar-refractivity contribution in [2.75, 3.05) is 6.61 Å². The number of oxime groups is 1. The fourth-order valence-electron chi connectivity index (χ4n) is 3.16. The van der Waals surface area contributed by atoms with Gasteiger partial charge in [-0.2, -0.15) is 5.10 Å². The summed E-state index contributed by atoms with van der Waals surface area (Å²) in [7, 11) is 0. The van der Waals surface area contributed by atoms with Crippen LogP contribution < -0.4 is 0 Å². The summed E-state index contributed by atoms with van der Waals surface area (Å²) >= 11 is 0. The van der Waals surface area contributed by atoms with Gasteiger partial charge < -0.3 is 9.94 Å². The second kappa shape index (κ2) is 10.4. The van der Waals surface area contributed by atoms with Gasteiger partial charge in [0.25, 0.3) is 0 Å². The van der Waals surface area contributed by atoms with Crippen LogP contribution in [0.4, 0.5) is 0 Å². The number of para-hydroxylation sites is 1. The first-order valence-corrected chi connectivity index (χ1v) is 10.1. The zero-order valence-corrected chi connectivity index (χ0v) is 17.4. The first kappa shape index (κ1) is 21.3. The van der Waals surface area contributed by atoms with E-state index < -0.39 is 5.97 Å². The normalized spacial score (nSPS) is 11.1. The summed E-state index contributed by atoms with van der Waals surface area (Å²) in [5, 5.41) is 17.6. The molecule has 30 heavy (non-hydrogen) atoms. The summed E-state index contributed by atoms with van der Waals surface area (Å²) < 4.78 is 1.85. The van der Waals surface area contributed by atoms with Crippen molar-refractivity contribution in [2.24, 2.45) is 5.16 Å². The van der Waals surface area contributed by atoms with Gasteiger partial charge >= 0.3 is 5.97 Å². The Balaban J connectivity index is 1.76. The van der Waals surface area contributed by atoms with E-state index in [4.69, 9.17) is 15.0 Å². The molecule has 0 aliphatic heterocycles. The topological polar surface area (TPSA) is 76.7 Å². The molecule has 0 fully saturated rings. The van der Waals surface area contributed by atoms with Crippen molar-refractivity contribution >= 4 is 12.2 Å². The summed E-state index contributed by atoms with van der Waals surface area (Å²) in [5.74, 6) is -0.761. The van der Waals surface area contributed by atoms with Gasteiger partial charge in [-0.25, -0.2) is 4.68 Å². The van der Waals surface area contributed by atoms with Crippen molar-refractivity contribution in [3.63, 3.8) is 0 Å². The molecule has 0 aliphatic carbocycles. The Morgan fingerprint density at radius 2 is 1.93 bits per heavy atom. The number of aryl methyl sites for hydroxylation is 2. The number of aliphatic carboxylic acids is 1. The molecule has 6 heteroatoms. The molecule has 0 spiro atoms. The lowest BCUT2D eigenvalue weighted by Crippen LogP contribution is -1.95. The predicted octanol–water partition coefficient (Wildman–Crippen LogP) is 5.15. The number of carboxylic acids is 1. The SMILES string of the molecule is Cc1ccc(C)c(-c2nn(-c3ccccc3)cc2/C=N\OCCCCCC(=O)O)c1. The van der Waals surface area contributed by atoms with E-state index in [1.165, 1.54) is 5.56 Å². The van der Waals surface area contributed by atoms with Crippen LogP contribution in [0.2, 0.25) is 0 Å². The molecule has 0 saturated carbocycles. The first-order valence-electron chi connectivity index (χ1n) is 10.1. The van der Waals surface area contributed by atoms with Crippen LogP contribution in [0.3, 0.4) is 0 Å². The van der Waals surface area contributed by atoms with E-state index in [2.05, 4.69) is 37.2 Å². The van der Waals surface area contributed by atoms with Crippen LogP contribution in [0.15, 0.2) is 59.9 Å². The van der Waals surface area contributed by atoms with E-state index in [1.54, 1.807) is 6.21 Å². The Hall–Kier alpha value is -3.41. The molecular formula is C24H27N3O3. The molecular weight excluding hydrogens is 378 g/mol. The standard InChI is InChI=1S/C24H27N3O3/c1-18-12-13-19(2)22(15-18)24-20(16-25-30-14-8-4-7-11-23(28)29)17-27(26-24)21-9-5-3-6-10-21/h3,5-6,9-10,12-13,15-17H,4,7-8,11,14H2,1-2H3,(H,28,29)/b25-16-. The molecule has 0 radical (unpaired) electrons. The van der Waals surface area contributed by atoms with E-state index in [0.29, 0.717) is 13.0 Å². The maximum atomic E-state index is 10.5. The van der Waals surface area contributed by atoms with Crippen molar-refractivity contribution in [2.45, 2.75) is 39.5 Å². The lowest BCUT2D eigenvalue weighted by molar-refractivity contribution is -0.137. The van der Waals surface area contributed by atoms with Crippen LogP contribution in [-0.2, 0) is 9.63 Å². The Morgan fingerprint density at radius 1 is 1.13 bits per heavy atom. The molecule has 0 unspecified atom stereocenters. The molecule has 3 aromatic rings. The summed E-state index contributed by atoms with van der Waals surface area (Å²) in [6.07, 6.45) is 6.08. The third-order valence-corrected chi connectivity index (χ3v) is 4.80. The van der Waals surface area contributed by atoms with Crippen molar-refractivity contribution in [3.8, 4) is 16.9 Å². The molecule has 156 valence electrons. The third kappa shape index (κ3) is 5.80. The van der Waals surface area contributed by atoms with Gasteiger partial charge in [-0.1, -0.05) is 41.1 Å². The maximum Gasteiger partial charge on any atom is 0.303 e. The lowest BCUT2D eigenvalue weighted by atomic mass is 10.0. The van der Waals surface area contributed by atoms with Crippen molar-refractivity contribution in [3.05, 3.63) is 71.4 Å². The number of unbranched alkanes of at least 4 members (excludes halogenated alkanes) is 2. The molecule has 3 rings (SSSR count). The second-order valence-electron chi connectivity index (χ2n) is 7.30. The van der Waals surface area contributed by atoms with E-state index >= 15 is 0 Å². The Bertz CT molecular complexity index is 1010. The summed E-state index contributed by atoms with van der Waals surface area (Å²) in [4.78, 5) is 15.9. The number of aromatic nitrogens is 2. The average molecular weight is 405 g/mol. The predicted molar refractivity (Wildman–Crippen MR) is 118 cm³/mol. The molecule has 0 atom stereocenters. The first-order chi connectivity index (χ1) is 14.5. The maximum absolute atomic E-state index is 10.5. The van der Waals surface area contributed by atoms with Crippen LogP contribution in [0.25, 0.3) is 16.9 Å². The molecule has 0 saturated heterocycles. The third-order valence-electron chi connectivity index (χ3n) is 4.80. The minimum absolute atomic E-state index is 0.196. The van der Waals surface area contributed by atoms with Gasteiger partial charge in [0.1, 0.15) is 12.3 Å². The largest absolute Gasteiger partial charge is 0.481 e. The fraction of sp³-hybridized carbons (Fsp3) is 0.292. The van der Waals surface area contributed by atoms with Crippen LogP contribution in [0.1, 0.15) is 42.4 Å². The fourth-order valence-corrected chi connectivity index (χ4v) is 3.16. The van der Waals surface area contributed by atoms with Gasteiger partial charge in [-0.05, 0) is 56.9 Å². The van der Waals surface area contributed by atoms with Crippen LogP contribution in [0.5, 0.6) is 0 Å². The number of carbonyl (C=O) groups is 1. The van der Waals surface area contributed by atoms with E-state index in [9.17, 15) is 4.79 Å². The zero-order chi connectivity index (χ0) is 21.3. The smallest absolute Gasteiger partial charge is 0.303 e. The second-order valence-corrected chi connectivity index (χ2v) is 7.30. The van der Waals surface area contributed by atoms with Gasteiger partial charge in [0.05, 0.1) is 11.9 Å². The molecule has 0 amide bonds. The number of nitrogens with zero attached hydrogens (tertiary/aromatic N) is 3. The zero-order valence-electron chi connectivity index (χ0n) is 17.4. The molecule has 1 heterocycles. The molecule has 6 nitrogen and oxygen atoms in total. The van der Waals surface area contributed by atoms with Crippen molar-refractivity contribution < 1.29 is 14.7 Å². The van der Waals surface area contributed by atoms with Gasteiger partial charge in [-0.15, -0.1) is 0 Å². The van der Waals surface area contributed by atoms with E-state index in [1.807, 2.05) is 41.2 Å². The molecule has 0 aliphatic rings. The Kier molecular flexibility index (Phi) is 7.38. The summed E-state index contributed by atoms with van der Waals surface area (Å²) in [6.45, 7) is 4.60. The highest BCUT2D eigenvalue weighted by Gasteiger charge is 2.13. The van der Waals surface area contributed by atoms with Crippen LogP contribution >= 0.6 is 0 Å². The number of hydrogen-bond acceptors (Lipinski definition) is 4. The van der Waals surface area contributed by atoms with Crippen molar-refractivity contribution in [1.29, 1.82) is 0 Å². The van der Waals surface area contributed by atoms with Gasteiger partial charge in [0.2, 0.25) is 0 Å². The van der Waals surface area contributed by atoms with Gasteiger partial charge in [0.15, 0.2) is 0 Å². The minimum atomic E-state index is -0.761. The van der Waals surface area contributed by atoms with Crippen LogP contribution in [0, 0.1) is 13.8 Å². The number of benzene rings is 2. The van der Waals surface area contributed by atoms with Gasteiger partial charge in [-0.3, -0.25) is 4.79 Å². The highest BCUT2D eigenvalue weighted by atomic mass is 16.6. The quantitative estimate of drug-likeness (QED) is 0.287. The Labute approximate surface area is 176 Å². The lowest BCUT2D eigenvalue weighted by Gasteiger charge is -2.05. The number of rotatable bonds is 10.